The van der Waals surface area contributed by atoms with Crippen LogP contribution in [0.3, 0.4) is 0 Å². The molecule has 0 amide bonds. The molecular formula is C14H16N2O2. The molecule has 0 unspecified atom stereocenters. The molecule has 0 aliphatic rings. The van der Waals surface area contributed by atoms with Crippen LogP contribution in [0.1, 0.15) is 12.5 Å². The lowest BCUT2D eigenvalue weighted by atomic mass is 10.2. The van der Waals surface area contributed by atoms with Crippen LogP contribution in [0.25, 0.3) is 0 Å². The molecule has 0 fully saturated rings. The lowest BCUT2D eigenvalue weighted by molar-refractivity contribution is 0.269. The highest BCUT2D eigenvalue weighted by atomic mass is 16.5. The average molecular weight is 244 g/mol. The van der Waals surface area contributed by atoms with Gasteiger partial charge >= 0.3 is 0 Å². The maximum Gasteiger partial charge on any atom is 0.161 e. The van der Waals surface area contributed by atoms with Crippen molar-refractivity contribution in [2.24, 2.45) is 0 Å². The van der Waals surface area contributed by atoms with E-state index < -0.39 is 0 Å². The summed E-state index contributed by atoms with van der Waals surface area (Å²) in [4.78, 5) is 3.94. The van der Waals surface area contributed by atoms with Crippen molar-refractivity contribution < 1.29 is 9.47 Å². The molecule has 2 rings (SSSR count). The van der Waals surface area contributed by atoms with E-state index in [-0.39, 0.29) is 0 Å². The molecule has 0 saturated carbocycles. The molecule has 0 aliphatic heterocycles. The summed E-state index contributed by atoms with van der Waals surface area (Å²) in [5.41, 5.74) is 6.59. The van der Waals surface area contributed by atoms with Crippen molar-refractivity contribution in [1.82, 2.24) is 4.98 Å². The van der Waals surface area contributed by atoms with Crippen LogP contribution in [0.4, 0.5) is 5.82 Å². The highest BCUT2D eigenvalue weighted by Crippen LogP contribution is 2.27. The summed E-state index contributed by atoms with van der Waals surface area (Å²) in [6.07, 6.45) is 1.67. The summed E-state index contributed by atoms with van der Waals surface area (Å²) in [5, 5.41) is 0. The van der Waals surface area contributed by atoms with E-state index in [2.05, 4.69) is 4.98 Å². The van der Waals surface area contributed by atoms with Crippen LogP contribution in [0.2, 0.25) is 0 Å². The molecule has 1 aromatic heterocycles. The number of nitrogen functional groups attached to an aromatic ring is 1. The highest BCUT2D eigenvalue weighted by Gasteiger charge is 2.03. The van der Waals surface area contributed by atoms with Crippen molar-refractivity contribution in [3.63, 3.8) is 0 Å². The number of nitrogens with two attached hydrogens (primary N) is 1. The molecule has 94 valence electrons. The van der Waals surface area contributed by atoms with Gasteiger partial charge in [-0.1, -0.05) is 12.1 Å². The number of hydrogen-bond acceptors (Lipinski definition) is 4. The van der Waals surface area contributed by atoms with E-state index in [1.807, 2.05) is 37.3 Å². The van der Waals surface area contributed by atoms with E-state index in [0.717, 1.165) is 17.1 Å². The fourth-order valence-corrected chi connectivity index (χ4v) is 1.59. The van der Waals surface area contributed by atoms with Gasteiger partial charge in [0.05, 0.1) is 6.61 Å². The monoisotopic (exact) mass is 244 g/mol. The Morgan fingerprint density at radius 2 is 1.83 bits per heavy atom. The zero-order valence-electron chi connectivity index (χ0n) is 10.3. The Labute approximate surface area is 106 Å². The minimum Gasteiger partial charge on any atom is -0.490 e. The normalized spacial score (nSPS) is 10.1. The maximum absolute atomic E-state index is 5.72. The Morgan fingerprint density at radius 1 is 1.11 bits per heavy atom. The summed E-state index contributed by atoms with van der Waals surface area (Å²) in [7, 11) is 0. The number of benzene rings is 1. The van der Waals surface area contributed by atoms with E-state index in [1.165, 1.54) is 0 Å². The molecule has 2 aromatic rings. The lowest BCUT2D eigenvalue weighted by Crippen LogP contribution is -2.00. The van der Waals surface area contributed by atoms with Gasteiger partial charge in [0.15, 0.2) is 11.5 Å². The Morgan fingerprint density at radius 3 is 2.50 bits per heavy atom. The Kier molecular flexibility index (Phi) is 4.02. The largest absolute Gasteiger partial charge is 0.490 e. The van der Waals surface area contributed by atoms with E-state index in [9.17, 15) is 0 Å². The van der Waals surface area contributed by atoms with Gasteiger partial charge in [0.25, 0.3) is 0 Å². The first-order chi connectivity index (χ1) is 8.79. The number of rotatable bonds is 5. The topological polar surface area (TPSA) is 57.4 Å². The van der Waals surface area contributed by atoms with Crippen molar-refractivity contribution in [2.45, 2.75) is 13.5 Å². The third-order valence-electron chi connectivity index (χ3n) is 2.39. The van der Waals surface area contributed by atoms with Crippen LogP contribution >= 0.6 is 0 Å². The quantitative estimate of drug-likeness (QED) is 0.878. The second-order valence-electron chi connectivity index (χ2n) is 3.76. The van der Waals surface area contributed by atoms with Gasteiger partial charge in [0.2, 0.25) is 0 Å². The Hall–Kier alpha value is -2.23. The lowest BCUT2D eigenvalue weighted by Gasteiger charge is -2.11. The summed E-state index contributed by atoms with van der Waals surface area (Å²) in [5.74, 6) is 1.98. The van der Waals surface area contributed by atoms with Crippen LogP contribution in [-0.2, 0) is 6.61 Å². The van der Waals surface area contributed by atoms with E-state index >= 15 is 0 Å². The van der Waals surface area contributed by atoms with Gasteiger partial charge in [-0.3, -0.25) is 0 Å². The number of anilines is 1. The molecule has 0 bridgehead atoms. The van der Waals surface area contributed by atoms with Crippen LogP contribution < -0.4 is 15.2 Å². The number of hydrogen-bond donors (Lipinski definition) is 1. The summed E-state index contributed by atoms with van der Waals surface area (Å²) in [6.45, 7) is 3.00. The fourth-order valence-electron chi connectivity index (χ4n) is 1.59. The first-order valence-electron chi connectivity index (χ1n) is 5.84. The van der Waals surface area contributed by atoms with Crippen LogP contribution in [0.15, 0.2) is 42.6 Å². The van der Waals surface area contributed by atoms with Crippen molar-refractivity contribution in [1.29, 1.82) is 0 Å². The number of nitrogens with zero attached hydrogens (tertiary/aromatic N) is 1. The van der Waals surface area contributed by atoms with Gasteiger partial charge in [0, 0.05) is 6.20 Å². The standard InChI is InChI=1S/C14H16N2O2/c1-2-17-12-5-3-4-6-13(12)18-10-11-7-8-16-14(15)9-11/h3-9H,2,10H2,1H3,(H2,15,16). The molecular weight excluding hydrogens is 228 g/mol. The number of pyridine rings is 1. The molecule has 0 radical (unpaired) electrons. The zero-order chi connectivity index (χ0) is 12.8. The fraction of sp³-hybridized carbons (Fsp3) is 0.214. The van der Waals surface area contributed by atoms with E-state index in [4.69, 9.17) is 15.2 Å². The molecule has 1 heterocycles. The van der Waals surface area contributed by atoms with E-state index in [0.29, 0.717) is 19.0 Å². The van der Waals surface area contributed by atoms with Gasteiger partial charge < -0.3 is 15.2 Å². The van der Waals surface area contributed by atoms with Gasteiger partial charge in [-0.25, -0.2) is 4.98 Å². The third-order valence-corrected chi connectivity index (χ3v) is 2.39. The molecule has 0 atom stereocenters. The SMILES string of the molecule is CCOc1ccccc1OCc1ccnc(N)c1. The van der Waals surface area contributed by atoms with Crippen LogP contribution in [0, 0.1) is 0 Å². The second-order valence-corrected chi connectivity index (χ2v) is 3.76. The minimum absolute atomic E-state index is 0.441. The zero-order valence-corrected chi connectivity index (χ0v) is 10.3. The highest BCUT2D eigenvalue weighted by molar-refractivity contribution is 5.40. The first-order valence-corrected chi connectivity index (χ1v) is 5.84. The van der Waals surface area contributed by atoms with Crippen LogP contribution in [0.5, 0.6) is 11.5 Å². The van der Waals surface area contributed by atoms with Crippen molar-refractivity contribution in [3.05, 3.63) is 48.2 Å². The first kappa shape index (κ1) is 12.2. The third kappa shape index (κ3) is 3.13. The minimum atomic E-state index is 0.441. The molecule has 4 heteroatoms. The molecule has 1 aromatic carbocycles. The average Bonchev–Trinajstić information content (AvgIpc) is 2.38. The second kappa shape index (κ2) is 5.91. The van der Waals surface area contributed by atoms with Crippen LogP contribution in [-0.4, -0.2) is 11.6 Å². The molecule has 0 aliphatic carbocycles. The van der Waals surface area contributed by atoms with Gasteiger partial charge in [0.1, 0.15) is 12.4 Å². The predicted molar refractivity (Wildman–Crippen MR) is 70.6 cm³/mol. The Bertz CT molecular complexity index is 515. The predicted octanol–water partition coefficient (Wildman–Crippen LogP) is 2.64. The summed E-state index contributed by atoms with van der Waals surface area (Å²) < 4.78 is 11.2. The molecule has 2 N–H and O–H groups in total. The molecule has 18 heavy (non-hydrogen) atoms. The number of para-hydroxylation sites is 2. The van der Waals surface area contributed by atoms with Crippen molar-refractivity contribution >= 4 is 5.82 Å². The molecule has 0 spiro atoms. The van der Waals surface area contributed by atoms with Gasteiger partial charge in [-0.15, -0.1) is 0 Å². The molecule has 4 nitrogen and oxygen atoms in total. The van der Waals surface area contributed by atoms with Gasteiger partial charge in [-0.05, 0) is 36.8 Å². The number of ether oxygens (including phenoxy) is 2. The summed E-state index contributed by atoms with van der Waals surface area (Å²) in [6, 6.07) is 11.3. The molecule has 0 saturated heterocycles. The summed E-state index contributed by atoms with van der Waals surface area (Å²) >= 11 is 0. The maximum atomic E-state index is 5.72. The number of aromatic nitrogens is 1. The Balaban J connectivity index is 2.06. The van der Waals surface area contributed by atoms with Crippen molar-refractivity contribution in [2.75, 3.05) is 12.3 Å². The van der Waals surface area contributed by atoms with Crippen molar-refractivity contribution in [3.8, 4) is 11.5 Å². The van der Waals surface area contributed by atoms with E-state index in [1.54, 1.807) is 12.3 Å². The van der Waals surface area contributed by atoms with Gasteiger partial charge in [-0.2, -0.15) is 0 Å². The smallest absolute Gasteiger partial charge is 0.161 e.